The Morgan fingerprint density at radius 1 is 1.20 bits per heavy atom. The number of benzene rings is 2. The van der Waals surface area contributed by atoms with E-state index in [4.69, 9.17) is 14.7 Å². The van der Waals surface area contributed by atoms with Crippen LogP contribution in [-0.2, 0) is 16.1 Å². The lowest BCUT2D eigenvalue weighted by Crippen LogP contribution is -2.36. The van der Waals surface area contributed by atoms with Crippen LogP contribution in [0, 0.1) is 6.92 Å². The SMILES string of the molecule is Cc1ccc(NC(=O)CSc2nc(CN3CCOCC3)nc3ccccc23)c(Br)c1. The first-order valence-corrected chi connectivity index (χ1v) is 11.6. The van der Waals surface area contributed by atoms with Crippen LogP contribution in [0.15, 0.2) is 52.0 Å². The van der Waals surface area contributed by atoms with Crippen molar-refractivity contribution in [2.45, 2.75) is 18.5 Å². The van der Waals surface area contributed by atoms with Gasteiger partial charge in [0.1, 0.15) is 10.9 Å². The highest BCUT2D eigenvalue weighted by atomic mass is 79.9. The molecule has 156 valence electrons. The van der Waals surface area contributed by atoms with Crippen LogP contribution in [0.5, 0.6) is 0 Å². The number of anilines is 1. The fraction of sp³-hybridized carbons (Fsp3) is 0.318. The van der Waals surface area contributed by atoms with E-state index in [0.717, 1.165) is 63.8 Å². The fourth-order valence-corrected chi connectivity index (χ4v) is 4.71. The number of rotatable bonds is 6. The van der Waals surface area contributed by atoms with E-state index in [1.807, 2.05) is 49.4 Å². The van der Waals surface area contributed by atoms with Crippen LogP contribution in [0.1, 0.15) is 11.4 Å². The Kier molecular flexibility index (Phi) is 6.99. The largest absolute Gasteiger partial charge is 0.379 e. The summed E-state index contributed by atoms with van der Waals surface area (Å²) in [6.07, 6.45) is 0. The zero-order chi connectivity index (χ0) is 20.9. The molecule has 0 spiro atoms. The third-order valence-corrected chi connectivity index (χ3v) is 6.47. The molecule has 0 saturated carbocycles. The zero-order valence-electron chi connectivity index (χ0n) is 16.7. The summed E-state index contributed by atoms with van der Waals surface area (Å²) in [7, 11) is 0. The topological polar surface area (TPSA) is 67.4 Å². The molecule has 1 N–H and O–H groups in total. The van der Waals surface area contributed by atoms with Crippen molar-refractivity contribution in [2.24, 2.45) is 0 Å². The number of nitrogens with one attached hydrogen (secondary N) is 1. The Morgan fingerprint density at radius 2 is 2.00 bits per heavy atom. The normalized spacial score (nSPS) is 14.7. The van der Waals surface area contributed by atoms with Gasteiger partial charge in [0.15, 0.2) is 0 Å². The summed E-state index contributed by atoms with van der Waals surface area (Å²) in [5.74, 6) is 0.986. The van der Waals surface area contributed by atoms with Crippen molar-refractivity contribution < 1.29 is 9.53 Å². The molecule has 1 aliphatic heterocycles. The monoisotopic (exact) mass is 486 g/mol. The molecule has 8 heteroatoms. The van der Waals surface area contributed by atoms with Gasteiger partial charge in [-0.1, -0.05) is 36.0 Å². The lowest BCUT2D eigenvalue weighted by Gasteiger charge is -2.25. The maximum atomic E-state index is 12.5. The lowest BCUT2D eigenvalue weighted by molar-refractivity contribution is -0.113. The first-order valence-electron chi connectivity index (χ1n) is 9.83. The lowest BCUT2D eigenvalue weighted by atomic mass is 10.2. The van der Waals surface area contributed by atoms with E-state index in [0.29, 0.717) is 6.54 Å². The Morgan fingerprint density at radius 3 is 2.80 bits per heavy atom. The summed E-state index contributed by atoms with van der Waals surface area (Å²) in [5.41, 5.74) is 2.81. The number of halogens is 1. The summed E-state index contributed by atoms with van der Waals surface area (Å²) in [4.78, 5) is 24.4. The molecule has 0 radical (unpaired) electrons. The molecule has 1 aromatic heterocycles. The number of aromatic nitrogens is 2. The number of hydrogen-bond donors (Lipinski definition) is 1. The Labute approximate surface area is 188 Å². The molecule has 1 aliphatic rings. The van der Waals surface area contributed by atoms with Gasteiger partial charge in [0, 0.05) is 22.9 Å². The van der Waals surface area contributed by atoms with Gasteiger partial charge >= 0.3 is 0 Å². The Hall–Kier alpha value is -2.00. The number of carbonyl (C=O) groups is 1. The number of morpholine rings is 1. The second kappa shape index (κ2) is 9.87. The van der Waals surface area contributed by atoms with Gasteiger partial charge in [-0.25, -0.2) is 9.97 Å². The van der Waals surface area contributed by atoms with E-state index in [-0.39, 0.29) is 11.7 Å². The number of aryl methyl sites for hydroxylation is 1. The van der Waals surface area contributed by atoms with Crippen LogP contribution in [0.2, 0.25) is 0 Å². The molecule has 0 unspecified atom stereocenters. The third kappa shape index (κ3) is 5.37. The van der Waals surface area contributed by atoms with Gasteiger partial charge in [-0.15, -0.1) is 0 Å². The predicted octanol–water partition coefficient (Wildman–Crippen LogP) is 4.26. The number of carbonyl (C=O) groups excluding carboxylic acids is 1. The van der Waals surface area contributed by atoms with Crippen molar-refractivity contribution in [1.82, 2.24) is 14.9 Å². The van der Waals surface area contributed by atoms with E-state index in [1.165, 1.54) is 11.8 Å². The molecule has 0 bridgehead atoms. The van der Waals surface area contributed by atoms with Gasteiger partial charge in [0.25, 0.3) is 0 Å². The number of amides is 1. The number of fused-ring (bicyclic) bond motifs is 1. The summed E-state index contributed by atoms with van der Waals surface area (Å²) < 4.78 is 6.30. The van der Waals surface area contributed by atoms with Crippen LogP contribution >= 0.6 is 27.7 Å². The van der Waals surface area contributed by atoms with Crippen LogP contribution in [0.4, 0.5) is 5.69 Å². The van der Waals surface area contributed by atoms with Crippen molar-refractivity contribution in [1.29, 1.82) is 0 Å². The molecule has 1 saturated heterocycles. The summed E-state index contributed by atoms with van der Waals surface area (Å²) in [5, 5.41) is 4.77. The minimum atomic E-state index is -0.0676. The van der Waals surface area contributed by atoms with Crippen LogP contribution in [0.3, 0.4) is 0 Å². The van der Waals surface area contributed by atoms with Crippen molar-refractivity contribution in [3.8, 4) is 0 Å². The Balaban J connectivity index is 1.48. The fourth-order valence-electron chi connectivity index (χ4n) is 3.28. The smallest absolute Gasteiger partial charge is 0.234 e. The first-order chi connectivity index (χ1) is 14.6. The van der Waals surface area contributed by atoms with Gasteiger partial charge in [-0.2, -0.15) is 0 Å². The molecule has 0 aliphatic carbocycles. The molecule has 30 heavy (non-hydrogen) atoms. The summed E-state index contributed by atoms with van der Waals surface area (Å²) in [6.45, 7) is 5.94. The van der Waals surface area contributed by atoms with Crippen LogP contribution in [-0.4, -0.2) is 52.8 Å². The molecule has 1 fully saturated rings. The number of hydrogen-bond acceptors (Lipinski definition) is 6. The van der Waals surface area contributed by atoms with Crippen molar-refractivity contribution in [2.75, 3.05) is 37.4 Å². The third-order valence-electron chi connectivity index (χ3n) is 4.82. The van der Waals surface area contributed by atoms with Gasteiger partial charge < -0.3 is 10.1 Å². The maximum absolute atomic E-state index is 12.5. The molecule has 3 aromatic rings. The van der Waals surface area contributed by atoms with Crippen molar-refractivity contribution in [3.63, 3.8) is 0 Å². The van der Waals surface area contributed by atoms with Crippen LogP contribution in [0.25, 0.3) is 10.9 Å². The summed E-state index contributed by atoms with van der Waals surface area (Å²) in [6, 6.07) is 13.8. The molecule has 4 rings (SSSR count). The highest BCUT2D eigenvalue weighted by Gasteiger charge is 2.15. The van der Waals surface area contributed by atoms with E-state index < -0.39 is 0 Å². The molecule has 6 nitrogen and oxygen atoms in total. The Bertz CT molecular complexity index is 1060. The average molecular weight is 487 g/mol. The molecule has 1 amide bonds. The second-order valence-corrected chi connectivity index (χ2v) is 8.99. The minimum absolute atomic E-state index is 0.0676. The first kappa shape index (κ1) is 21.2. The number of para-hydroxylation sites is 1. The number of nitrogens with zero attached hydrogens (tertiary/aromatic N) is 3. The van der Waals surface area contributed by atoms with E-state index in [1.54, 1.807) is 0 Å². The summed E-state index contributed by atoms with van der Waals surface area (Å²) >= 11 is 4.95. The van der Waals surface area contributed by atoms with Crippen molar-refractivity contribution in [3.05, 3.63) is 58.3 Å². The van der Waals surface area contributed by atoms with Gasteiger partial charge in [-0.3, -0.25) is 9.69 Å². The predicted molar refractivity (Wildman–Crippen MR) is 124 cm³/mol. The minimum Gasteiger partial charge on any atom is -0.379 e. The number of ether oxygens (including phenoxy) is 1. The molecule has 2 heterocycles. The van der Waals surface area contributed by atoms with E-state index in [2.05, 4.69) is 26.1 Å². The second-order valence-electron chi connectivity index (χ2n) is 7.17. The molecular formula is C22H23BrN4O2S. The molecule has 2 aromatic carbocycles. The molecular weight excluding hydrogens is 464 g/mol. The van der Waals surface area contributed by atoms with Gasteiger partial charge in [-0.05, 0) is 46.6 Å². The average Bonchev–Trinajstić information content (AvgIpc) is 2.75. The zero-order valence-corrected chi connectivity index (χ0v) is 19.1. The quantitative estimate of drug-likeness (QED) is 0.414. The van der Waals surface area contributed by atoms with Crippen LogP contribution < -0.4 is 5.32 Å². The van der Waals surface area contributed by atoms with E-state index >= 15 is 0 Å². The number of thioether (sulfide) groups is 1. The molecule has 0 atom stereocenters. The van der Waals surface area contributed by atoms with Gasteiger partial charge in [0.05, 0.1) is 36.7 Å². The highest BCUT2D eigenvalue weighted by molar-refractivity contribution is 9.10. The standard InChI is InChI=1S/C22H23BrN4O2S/c1-15-6-7-19(17(23)12-15)25-21(28)14-30-22-16-4-2-3-5-18(16)24-20(26-22)13-27-8-10-29-11-9-27/h2-7,12H,8-11,13-14H2,1H3,(H,25,28). The highest BCUT2D eigenvalue weighted by Crippen LogP contribution is 2.27. The maximum Gasteiger partial charge on any atom is 0.234 e. The van der Waals surface area contributed by atoms with E-state index in [9.17, 15) is 4.79 Å². The van der Waals surface area contributed by atoms with Crippen molar-refractivity contribution >= 4 is 50.2 Å². The van der Waals surface area contributed by atoms with Gasteiger partial charge in [0.2, 0.25) is 5.91 Å².